The van der Waals surface area contributed by atoms with Crippen molar-refractivity contribution in [2.75, 3.05) is 116 Å². The number of amidine groups is 2. The van der Waals surface area contributed by atoms with E-state index in [4.69, 9.17) is 42.1 Å². The highest BCUT2D eigenvalue weighted by molar-refractivity contribution is 7.89. The lowest BCUT2D eigenvalue weighted by Gasteiger charge is -2.34. The van der Waals surface area contributed by atoms with Gasteiger partial charge in [0.15, 0.2) is 0 Å². The number of fused-ring (bicyclic) bond motifs is 2. The maximum Gasteiger partial charge on any atom is 0.416 e. The molecule has 7 heterocycles. The molecule has 2 fully saturated rings. The van der Waals surface area contributed by atoms with Crippen molar-refractivity contribution in [3.8, 4) is 11.5 Å². The van der Waals surface area contributed by atoms with Gasteiger partial charge in [0.1, 0.15) is 34.2 Å². The van der Waals surface area contributed by atoms with E-state index in [9.17, 15) is 62.4 Å². The minimum Gasteiger partial charge on any atom is -0.494 e. The average Bonchev–Trinajstić information content (AvgIpc) is 1.61. The van der Waals surface area contributed by atoms with Gasteiger partial charge in [-0.1, -0.05) is 36.4 Å². The number of hydrogen-bond donors (Lipinski definition) is 2. The summed E-state index contributed by atoms with van der Waals surface area (Å²) in [5, 5.41) is 5.26. The summed E-state index contributed by atoms with van der Waals surface area (Å²) >= 11 is 10.1. The number of likely N-dealkylation sites (N-methyl/N-ethyl adjacent to an activating group) is 2. The SMILES string of the molecule is C=CCCCOc1cc(C2=NC3(CCN(S(=O)(=O)CCc4ccc(C(=O)N(C)CCOCC=C)cc4C)CC3)C(=O)N2)cc(C(F)(F)F)c1.Cc1cc2ccc1CCS(=O)(=O)N1CCC3(CC1)N=C(NC3=O)c1cc(cc(C(F)(F)F)c1)OCCC/C=C/COCCN(C)C2=O.ClCCCl. The van der Waals surface area contributed by atoms with E-state index in [1.807, 2.05) is 26.0 Å². The number of carbonyl (C=O) groups excluding carboxylic acids is 4. The van der Waals surface area contributed by atoms with E-state index in [-0.39, 0.29) is 136 Å². The normalized spacial score (nSPS) is 20.2. The molecule has 7 bridgehead atoms. The second-order valence-electron chi connectivity index (χ2n) is 24.6. The lowest BCUT2D eigenvalue weighted by atomic mass is 9.89. The molecule has 7 aliphatic rings. The largest absolute Gasteiger partial charge is 0.494 e. The Morgan fingerprint density at radius 1 is 0.770 bits per heavy atom. The number of carbonyl (C=O) groups is 4. The number of allylic oxidation sites excluding steroid dienone is 2. The van der Waals surface area contributed by atoms with Crippen LogP contribution in [0.3, 0.4) is 0 Å². The van der Waals surface area contributed by atoms with Crippen molar-refractivity contribution in [2.45, 2.75) is 101 Å². The molecule has 7 aliphatic heterocycles. The molecule has 4 aromatic rings. The lowest BCUT2D eigenvalue weighted by Crippen LogP contribution is -2.50. The van der Waals surface area contributed by atoms with Crippen LogP contribution in [-0.4, -0.2) is 198 Å². The van der Waals surface area contributed by atoms with Crippen molar-refractivity contribution in [3.05, 3.63) is 166 Å². The van der Waals surface area contributed by atoms with Gasteiger partial charge in [0.25, 0.3) is 23.6 Å². The summed E-state index contributed by atoms with van der Waals surface area (Å²) in [5.74, 6) is -0.517. The Labute approximate surface area is 590 Å². The molecule has 4 aromatic carbocycles. The molecule has 30 heteroatoms. The van der Waals surface area contributed by atoms with Gasteiger partial charge in [-0.2, -0.15) is 26.3 Å². The van der Waals surface area contributed by atoms with Crippen LogP contribution in [0.4, 0.5) is 26.3 Å². The fourth-order valence-corrected chi connectivity index (χ4v) is 14.5. The molecule has 20 nitrogen and oxygen atoms in total. The number of sulfonamides is 2. The Kier molecular flexibility index (Phi) is 28.9. The van der Waals surface area contributed by atoms with Gasteiger partial charge in [-0.3, -0.25) is 29.2 Å². The lowest BCUT2D eigenvalue weighted by molar-refractivity contribution is -0.138. The highest BCUT2D eigenvalue weighted by Gasteiger charge is 2.50. The third-order valence-corrected chi connectivity index (χ3v) is 21.7. The minimum atomic E-state index is -4.65. The molecule has 11 rings (SSSR count). The van der Waals surface area contributed by atoms with Crippen molar-refractivity contribution in [2.24, 2.45) is 9.98 Å². The van der Waals surface area contributed by atoms with Crippen LogP contribution >= 0.6 is 23.2 Å². The minimum absolute atomic E-state index is 0.00141. The van der Waals surface area contributed by atoms with Crippen molar-refractivity contribution in [1.29, 1.82) is 0 Å². The van der Waals surface area contributed by atoms with E-state index in [1.165, 1.54) is 20.7 Å². The maximum absolute atomic E-state index is 13.8. The fourth-order valence-electron chi connectivity index (χ4n) is 11.5. The number of rotatable bonds is 17. The van der Waals surface area contributed by atoms with Crippen LogP contribution in [0.25, 0.3) is 0 Å². The van der Waals surface area contributed by atoms with Crippen LogP contribution in [0.1, 0.15) is 117 Å². The van der Waals surface area contributed by atoms with Crippen molar-refractivity contribution >= 4 is 78.5 Å². The van der Waals surface area contributed by atoms with E-state index >= 15 is 0 Å². The Balaban J connectivity index is 0.000000267. The molecule has 0 radical (unpaired) electrons. The van der Waals surface area contributed by atoms with Gasteiger partial charge in [-0.15, -0.1) is 36.4 Å². The van der Waals surface area contributed by atoms with Gasteiger partial charge in [-0.25, -0.2) is 25.4 Å². The van der Waals surface area contributed by atoms with Crippen LogP contribution in [0.5, 0.6) is 11.5 Å². The van der Waals surface area contributed by atoms with E-state index in [0.717, 1.165) is 46.5 Å². The molecule has 100 heavy (non-hydrogen) atoms. The summed E-state index contributed by atoms with van der Waals surface area (Å²) in [6.07, 6.45) is 0.928. The first-order valence-electron chi connectivity index (χ1n) is 32.7. The number of alkyl halides is 8. The molecule has 4 amide bonds. The zero-order valence-electron chi connectivity index (χ0n) is 56.5. The number of benzene rings is 4. The quantitative estimate of drug-likeness (QED) is 0.0435. The first kappa shape index (κ1) is 80.1. The van der Waals surface area contributed by atoms with Crippen LogP contribution in [0, 0.1) is 13.8 Å². The Bertz CT molecular complexity index is 3890. The van der Waals surface area contributed by atoms with Crippen molar-refractivity contribution in [3.63, 3.8) is 0 Å². The Hall–Kier alpha value is -7.18. The van der Waals surface area contributed by atoms with E-state index in [2.05, 4.69) is 33.8 Å². The zero-order valence-corrected chi connectivity index (χ0v) is 59.6. The predicted octanol–water partition coefficient (Wildman–Crippen LogP) is 10.5. The highest BCUT2D eigenvalue weighted by Crippen LogP contribution is 2.39. The number of aliphatic imine (C=N–C) groups is 2. The molecular weight excluding hydrogens is 1390 g/mol. The molecular formula is C70H86Cl2F6N8O12S2. The number of halogens is 8. The topological polar surface area (TPSA) is 235 Å². The molecule has 2 spiro atoms. The van der Waals surface area contributed by atoms with E-state index < -0.39 is 66.4 Å². The number of nitrogens with one attached hydrogen (secondary N) is 2. The monoisotopic (exact) mass is 1480 g/mol. The molecule has 0 unspecified atom stereocenters. The number of ether oxygens (including phenoxy) is 4. The molecule has 0 aromatic heterocycles. The number of amides is 4. The van der Waals surface area contributed by atoms with Crippen LogP contribution in [-0.2, 0) is 64.3 Å². The van der Waals surface area contributed by atoms with Gasteiger partial charge >= 0.3 is 12.4 Å². The molecule has 0 aliphatic carbocycles. The number of aryl methyl sites for hydroxylation is 4. The molecule has 0 saturated carbocycles. The standard InChI is InChI=1S/C35H43F3N4O6S.C33H39F3N4O6S.C2H4Cl2/c1-5-7-8-18-48-30-23-28(22-29(24-30)35(36,37)38)31-39-33(44)34(40-31)12-14-42(15-13-34)49(45,46)20-11-26-9-10-27(21-25(26)3)32(43)41(4)16-19-47-17-6-2;1-23-19-25-8-7-24(23)9-18-47(43,44)40-12-10-32(11-13-40)31(42)37-29(38-32)26-20-27(33(34,35)36)22-28(21-26)46-16-6-4-3-5-15-45-17-14-39(2)30(25)41;3-1-2-4/h5-6,9-10,21-24H,1-2,7-8,11-20H2,3-4H3,(H,39,40,44);3,5,7-8,19-22H,4,6,9-18H2,1-2H3,(H,37,38,42);1-2H2/b;5-3+;. The molecule has 2 saturated heterocycles. The number of piperidine rings is 2. The number of hydrogen-bond acceptors (Lipinski definition) is 14. The smallest absolute Gasteiger partial charge is 0.416 e. The van der Waals surface area contributed by atoms with Crippen LogP contribution in [0.15, 0.2) is 120 Å². The second-order valence-corrected chi connectivity index (χ2v) is 29.5. The third-order valence-electron chi connectivity index (χ3n) is 17.4. The summed E-state index contributed by atoms with van der Waals surface area (Å²) in [4.78, 5) is 64.3. The molecule has 546 valence electrons. The average molecular weight is 1480 g/mol. The Morgan fingerprint density at radius 3 is 2.00 bits per heavy atom. The fraction of sp³-hybridized carbons (Fsp3) is 0.486. The van der Waals surface area contributed by atoms with Gasteiger partial charge in [0.05, 0.1) is 62.3 Å². The predicted molar refractivity (Wildman–Crippen MR) is 373 cm³/mol. The second kappa shape index (κ2) is 36.1. The molecule has 2 N–H and O–H groups in total. The van der Waals surface area contributed by atoms with Crippen molar-refractivity contribution < 1.29 is 81.3 Å². The van der Waals surface area contributed by atoms with E-state index in [1.54, 1.807) is 72.4 Å². The highest BCUT2D eigenvalue weighted by atomic mass is 35.5. The van der Waals surface area contributed by atoms with Crippen LogP contribution in [0.2, 0.25) is 0 Å². The number of unbranched alkanes of at least 4 members (excludes halogenated alkanes) is 1. The van der Waals surface area contributed by atoms with Gasteiger partial charge < -0.3 is 39.4 Å². The van der Waals surface area contributed by atoms with Gasteiger partial charge in [0, 0.05) is 87.4 Å². The summed E-state index contributed by atoms with van der Waals surface area (Å²) in [6, 6.07) is 16.9. The third kappa shape index (κ3) is 21.9. The van der Waals surface area contributed by atoms with Gasteiger partial charge in [-0.05, 0) is 161 Å². The Morgan fingerprint density at radius 2 is 1.40 bits per heavy atom. The summed E-state index contributed by atoms with van der Waals surface area (Å²) in [5.41, 5.74) is -0.125. The van der Waals surface area contributed by atoms with Crippen molar-refractivity contribution in [1.82, 2.24) is 29.0 Å². The number of nitrogens with zero attached hydrogens (tertiary/aromatic N) is 6. The summed E-state index contributed by atoms with van der Waals surface area (Å²) in [7, 11) is -4.04. The van der Waals surface area contributed by atoms with E-state index in [0.29, 0.717) is 88.1 Å². The summed E-state index contributed by atoms with van der Waals surface area (Å²) < 4.78 is 161. The molecule has 0 atom stereocenters. The zero-order chi connectivity index (χ0) is 73.1. The summed E-state index contributed by atoms with van der Waals surface area (Å²) in [6.45, 7) is 13.6. The first-order chi connectivity index (χ1) is 47.4. The van der Waals surface area contributed by atoms with Crippen LogP contribution < -0.4 is 20.1 Å². The maximum atomic E-state index is 13.8. The first-order valence-corrected chi connectivity index (χ1v) is 37.0. The van der Waals surface area contributed by atoms with Gasteiger partial charge in [0.2, 0.25) is 20.0 Å².